The van der Waals surface area contributed by atoms with E-state index in [0.717, 1.165) is 11.4 Å². The zero-order chi connectivity index (χ0) is 18.6. The Hall–Kier alpha value is -2.18. The number of aryl methyl sites for hydroxylation is 1. The van der Waals surface area contributed by atoms with Crippen molar-refractivity contribution in [2.75, 3.05) is 20.3 Å². The molecule has 0 spiro atoms. The van der Waals surface area contributed by atoms with Crippen LogP contribution in [-0.4, -0.2) is 41.6 Å². The number of methoxy groups -OCH3 is 1. The highest BCUT2D eigenvalue weighted by atomic mass is 35.5. The summed E-state index contributed by atoms with van der Waals surface area (Å²) in [6.07, 6.45) is 1.47. The largest absolute Gasteiger partial charge is 0.454 e. The summed E-state index contributed by atoms with van der Waals surface area (Å²) in [5.41, 5.74) is 2.44. The van der Waals surface area contributed by atoms with Gasteiger partial charge in [-0.1, -0.05) is 11.6 Å². The molecule has 1 unspecified atom stereocenters. The number of halogens is 1. The molecule has 2 aromatic rings. The van der Waals surface area contributed by atoms with Crippen molar-refractivity contribution in [3.8, 4) is 0 Å². The summed E-state index contributed by atoms with van der Waals surface area (Å²) >= 11 is 5.85. The molecule has 6 nitrogen and oxygen atoms in total. The van der Waals surface area contributed by atoms with E-state index in [9.17, 15) is 9.59 Å². The third-order valence-electron chi connectivity index (χ3n) is 3.95. The quantitative estimate of drug-likeness (QED) is 0.428. The lowest BCUT2D eigenvalue weighted by molar-refractivity contribution is 0.0474. The van der Waals surface area contributed by atoms with Crippen molar-refractivity contribution in [3.63, 3.8) is 0 Å². The molecule has 0 amide bonds. The molecule has 2 rings (SSSR count). The van der Waals surface area contributed by atoms with Crippen molar-refractivity contribution in [3.05, 3.63) is 52.1 Å². The summed E-state index contributed by atoms with van der Waals surface area (Å²) in [4.78, 5) is 28.3. The normalized spacial score (nSPS) is 12.0. The molecule has 2 heterocycles. The molecule has 0 aliphatic heterocycles. The summed E-state index contributed by atoms with van der Waals surface area (Å²) in [6.45, 7) is 6.00. The van der Waals surface area contributed by atoms with Gasteiger partial charge in [-0.3, -0.25) is 4.79 Å². The molecule has 25 heavy (non-hydrogen) atoms. The van der Waals surface area contributed by atoms with Crippen LogP contribution in [0, 0.1) is 13.8 Å². The van der Waals surface area contributed by atoms with E-state index in [-0.39, 0.29) is 29.1 Å². The van der Waals surface area contributed by atoms with Crippen LogP contribution < -0.4 is 0 Å². The van der Waals surface area contributed by atoms with Gasteiger partial charge in [-0.2, -0.15) is 0 Å². The van der Waals surface area contributed by atoms with Gasteiger partial charge in [0.25, 0.3) is 0 Å². The topological polar surface area (TPSA) is 70.4 Å². The molecule has 7 heteroatoms. The van der Waals surface area contributed by atoms with Crippen molar-refractivity contribution in [1.82, 2.24) is 9.55 Å². The molecule has 0 radical (unpaired) electrons. The minimum absolute atomic E-state index is 0.0477. The van der Waals surface area contributed by atoms with Gasteiger partial charge in [-0.05, 0) is 39.0 Å². The second-order valence-corrected chi connectivity index (χ2v) is 6.16. The first-order valence-corrected chi connectivity index (χ1v) is 8.22. The maximum atomic E-state index is 12.5. The lowest BCUT2D eigenvalue weighted by Gasteiger charge is -2.17. The molecular weight excluding hydrogens is 344 g/mol. The van der Waals surface area contributed by atoms with Crippen LogP contribution in [0.1, 0.15) is 45.1 Å². The van der Waals surface area contributed by atoms with Crippen LogP contribution in [0.25, 0.3) is 0 Å². The second-order valence-electron chi connectivity index (χ2n) is 5.80. The molecule has 0 aliphatic rings. The van der Waals surface area contributed by atoms with Crippen molar-refractivity contribution >= 4 is 23.4 Å². The van der Waals surface area contributed by atoms with Crippen molar-refractivity contribution in [1.29, 1.82) is 0 Å². The third kappa shape index (κ3) is 4.27. The van der Waals surface area contributed by atoms with Gasteiger partial charge in [-0.15, -0.1) is 0 Å². The minimum atomic E-state index is -0.673. The highest BCUT2D eigenvalue weighted by Gasteiger charge is 2.20. The maximum absolute atomic E-state index is 12.5. The Morgan fingerprint density at radius 2 is 2.04 bits per heavy atom. The van der Waals surface area contributed by atoms with Gasteiger partial charge in [0.05, 0.1) is 18.2 Å². The van der Waals surface area contributed by atoms with Gasteiger partial charge in [0, 0.05) is 30.3 Å². The number of Topliss-reactive ketones (excluding diaryl/α,β-unsaturated/α-hetero) is 1. The van der Waals surface area contributed by atoms with E-state index in [1.165, 1.54) is 12.3 Å². The Morgan fingerprint density at radius 3 is 2.68 bits per heavy atom. The van der Waals surface area contributed by atoms with Crippen LogP contribution >= 0.6 is 11.6 Å². The zero-order valence-corrected chi connectivity index (χ0v) is 15.5. The lowest BCUT2D eigenvalue weighted by atomic mass is 10.1. The van der Waals surface area contributed by atoms with E-state index in [1.807, 2.05) is 25.3 Å². The summed E-state index contributed by atoms with van der Waals surface area (Å²) in [5.74, 6) is -0.940. The molecular formula is C18H21ClN2O4. The number of rotatable bonds is 7. The molecule has 0 bridgehead atoms. The zero-order valence-electron chi connectivity index (χ0n) is 14.7. The molecule has 134 valence electrons. The SMILES string of the molecule is COCC(C)n1c(C)cc(C(=O)COC(=O)c2cccnc2Cl)c1C. The third-order valence-corrected chi connectivity index (χ3v) is 4.25. The molecule has 0 saturated heterocycles. The fourth-order valence-electron chi connectivity index (χ4n) is 2.88. The first-order chi connectivity index (χ1) is 11.9. The van der Waals surface area contributed by atoms with Crippen LogP contribution in [0.15, 0.2) is 24.4 Å². The Bertz CT molecular complexity index is 785. The monoisotopic (exact) mass is 364 g/mol. The van der Waals surface area contributed by atoms with Gasteiger partial charge in [0.2, 0.25) is 5.78 Å². The van der Waals surface area contributed by atoms with Gasteiger partial charge in [0.1, 0.15) is 5.15 Å². The number of carbonyl (C=O) groups excluding carboxylic acids is 2. The number of hydrogen-bond acceptors (Lipinski definition) is 5. The number of esters is 1. The number of pyridine rings is 1. The summed E-state index contributed by atoms with van der Waals surface area (Å²) in [7, 11) is 1.64. The van der Waals surface area contributed by atoms with Crippen LogP contribution in [0.4, 0.5) is 0 Å². The average Bonchev–Trinajstić information content (AvgIpc) is 2.87. The average molecular weight is 365 g/mol. The van der Waals surface area contributed by atoms with Crippen LogP contribution in [0.3, 0.4) is 0 Å². The summed E-state index contributed by atoms with van der Waals surface area (Å²) in [6, 6.07) is 4.98. The number of ketones is 1. The van der Waals surface area contributed by atoms with Crippen LogP contribution in [0.5, 0.6) is 0 Å². The maximum Gasteiger partial charge on any atom is 0.341 e. The molecule has 0 fully saturated rings. The fraction of sp³-hybridized carbons (Fsp3) is 0.389. The highest BCUT2D eigenvalue weighted by molar-refractivity contribution is 6.32. The van der Waals surface area contributed by atoms with E-state index in [1.54, 1.807) is 19.2 Å². The molecule has 1 atom stereocenters. The number of nitrogens with zero attached hydrogens (tertiary/aromatic N) is 2. The van der Waals surface area contributed by atoms with Gasteiger partial charge in [0.15, 0.2) is 6.61 Å². The van der Waals surface area contributed by atoms with Gasteiger partial charge >= 0.3 is 5.97 Å². The second kappa shape index (κ2) is 8.27. The van der Waals surface area contributed by atoms with E-state index >= 15 is 0 Å². The smallest absolute Gasteiger partial charge is 0.341 e. The first kappa shape index (κ1) is 19.1. The number of ether oxygens (including phenoxy) is 2. The molecule has 0 saturated carbocycles. The Balaban J connectivity index is 2.10. The summed E-state index contributed by atoms with van der Waals surface area (Å²) < 4.78 is 12.3. The standard InChI is InChI=1S/C18H21ClN2O4/c1-11-8-15(13(3)21(11)12(2)9-24-4)16(22)10-25-18(23)14-6-5-7-20-17(14)19/h5-8,12H,9-10H2,1-4H3. The Labute approximate surface area is 151 Å². The highest BCUT2D eigenvalue weighted by Crippen LogP contribution is 2.21. The van der Waals surface area contributed by atoms with Gasteiger partial charge in [-0.25, -0.2) is 9.78 Å². The fourth-order valence-corrected chi connectivity index (χ4v) is 3.07. The predicted octanol–water partition coefficient (Wildman–Crippen LogP) is 3.40. The number of hydrogen-bond donors (Lipinski definition) is 0. The van der Waals surface area contributed by atoms with E-state index in [4.69, 9.17) is 21.1 Å². The molecule has 0 aliphatic carbocycles. The van der Waals surface area contributed by atoms with E-state index in [0.29, 0.717) is 12.2 Å². The lowest BCUT2D eigenvalue weighted by Crippen LogP contribution is -2.17. The van der Waals surface area contributed by atoms with Crippen LogP contribution in [0.2, 0.25) is 5.15 Å². The van der Waals surface area contributed by atoms with Crippen molar-refractivity contribution < 1.29 is 19.1 Å². The molecule has 0 N–H and O–H groups in total. The van der Waals surface area contributed by atoms with Crippen LogP contribution in [-0.2, 0) is 9.47 Å². The van der Waals surface area contributed by atoms with E-state index in [2.05, 4.69) is 4.98 Å². The summed E-state index contributed by atoms with van der Waals surface area (Å²) in [5, 5.41) is 0.0477. The Morgan fingerprint density at radius 1 is 1.32 bits per heavy atom. The van der Waals surface area contributed by atoms with E-state index < -0.39 is 5.97 Å². The number of carbonyl (C=O) groups is 2. The molecule has 2 aromatic heterocycles. The Kier molecular flexibility index (Phi) is 6.33. The molecule has 0 aromatic carbocycles. The van der Waals surface area contributed by atoms with Crippen molar-refractivity contribution in [2.24, 2.45) is 0 Å². The predicted molar refractivity (Wildman–Crippen MR) is 94.4 cm³/mol. The minimum Gasteiger partial charge on any atom is -0.454 e. The van der Waals surface area contributed by atoms with Crippen molar-refractivity contribution in [2.45, 2.75) is 26.8 Å². The first-order valence-electron chi connectivity index (χ1n) is 7.85. The number of aromatic nitrogens is 2. The van der Waals surface area contributed by atoms with Gasteiger partial charge < -0.3 is 14.0 Å².